The minimum Gasteiger partial charge on any atom is -0.314 e. The van der Waals surface area contributed by atoms with Crippen LogP contribution in [0.4, 0.5) is 0 Å². The van der Waals surface area contributed by atoms with Crippen LogP contribution in [0.3, 0.4) is 0 Å². The Hall–Kier alpha value is -0.430. The van der Waals surface area contributed by atoms with E-state index in [1.807, 2.05) is 24.3 Å². The molecule has 1 saturated carbocycles. The summed E-state index contributed by atoms with van der Waals surface area (Å²) >= 11 is 3.38. The smallest absolute Gasteiger partial charge is 0.214 e. The molecular weight excluding hydrogens is 352 g/mol. The number of hydrogen-bond acceptors (Lipinski definition) is 3. The number of unbranched alkanes of at least 4 members (excludes halogenated alkanes) is 1. The zero-order chi connectivity index (χ0) is 15.3. The maximum Gasteiger partial charge on any atom is 0.214 e. The van der Waals surface area contributed by atoms with Gasteiger partial charge in [-0.25, -0.2) is 12.7 Å². The molecule has 0 unspecified atom stereocenters. The lowest BCUT2D eigenvalue weighted by Crippen LogP contribution is -2.29. The van der Waals surface area contributed by atoms with E-state index < -0.39 is 10.0 Å². The van der Waals surface area contributed by atoms with Gasteiger partial charge in [-0.3, -0.25) is 0 Å². The first-order chi connectivity index (χ1) is 9.97. The van der Waals surface area contributed by atoms with Gasteiger partial charge in [0, 0.05) is 24.1 Å². The van der Waals surface area contributed by atoms with Crippen LogP contribution < -0.4 is 5.32 Å². The Bertz CT molecular complexity index is 541. The number of halogens is 1. The molecule has 2 rings (SSSR count). The summed E-state index contributed by atoms with van der Waals surface area (Å²) < 4.78 is 26.9. The lowest BCUT2D eigenvalue weighted by Gasteiger charge is -2.17. The Morgan fingerprint density at radius 1 is 1.24 bits per heavy atom. The zero-order valence-corrected chi connectivity index (χ0v) is 14.8. The van der Waals surface area contributed by atoms with Crippen molar-refractivity contribution in [2.75, 3.05) is 19.3 Å². The molecule has 1 fully saturated rings. The topological polar surface area (TPSA) is 49.4 Å². The molecule has 0 atom stereocenters. The van der Waals surface area contributed by atoms with E-state index in [1.165, 1.54) is 17.1 Å². The molecule has 0 radical (unpaired) electrons. The summed E-state index contributed by atoms with van der Waals surface area (Å²) in [5.41, 5.74) is 1.000. The van der Waals surface area contributed by atoms with Crippen LogP contribution in [-0.4, -0.2) is 38.1 Å². The average Bonchev–Trinajstić information content (AvgIpc) is 3.25. The van der Waals surface area contributed by atoms with Gasteiger partial charge in [-0.1, -0.05) is 28.1 Å². The fourth-order valence-electron chi connectivity index (χ4n) is 2.10. The second-order valence-electron chi connectivity index (χ2n) is 5.63. The number of hydrogen-bond donors (Lipinski definition) is 1. The molecule has 1 aliphatic carbocycles. The van der Waals surface area contributed by atoms with Gasteiger partial charge in [0.25, 0.3) is 0 Å². The highest BCUT2D eigenvalue weighted by Crippen LogP contribution is 2.18. The number of sulfonamides is 1. The van der Waals surface area contributed by atoms with Gasteiger partial charge in [-0.2, -0.15) is 0 Å². The third kappa shape index (κ3) is 6.06. The lowest BCUT2D eigenvalue weighted by molar-refractivity contribution is 0.464. The summed E-state index contributed by atoms with van der Waals surface area (Å²) in [6.45, 7) is 1.35. The van der Waals surface area contributed by atoms with E-state index in [2.05, 4.69) is 21.2 Å². The first-order valence-electron chi connectivity index (χ1n) is 7.39. The van der Waals surface area contributed by atoms with Crippen molar-refractivity contribution < 1.29 is 8.42 Å². The van der Waals surface area contributed by atoms with Crippen LogP contribution in [0.5, 0.6) is 0 Å². The van der Waals surface area contributed by atoms with Crippen molar-refractivity contribution in [3.05, 3.63) is 34.3 Å². The molecule has 0 saturated heterocycles. The SMILES string of the molecule is CN(Cc1ccc(Br)cc1)S(=O)(=O)CCCCNC1CC1. The molecule has 1 N–H and O–H groups in total. The van der Waals surface area contributed by atoms with Crippen LogP contribution in [0, 0.1) is 0 Å². The van der Waals surface area contributed by atoms with Crippen molar-refractivity contribution in [2.24, 2.45) is 0 Å². The van der Waals surface area contributed by atoms with E-state index in [0.29, 0.717) is 19.0 Å². The number of nitrogens with one attached hydrogen (secondary N) is 1. The number of nitrogens with zero attached hydrogens (tertiary/aromatic N) is 1. The predicted octanol–water partition coefficient (Wildman–Crippen LogP) is 2.74. The van der Waals surface area contributed by atoms with Gasteiger partial charge in [0.15, 0.2) is 0 Å². The van der Waals surface area contributed by atoms with Gasteiger partial charge in [0.05, 0.1) is 5.75 Å². The normalized spacial score (nSPS) is 15.6. The van der Waals surface area contributed by atoms with Gasteiger partial charge in [-0.15, -0.1) is 0 Å². The fourth-order valence-corrected chi connectivity index (χ4v) is 3.59. The van der Waals surface area contributed by atoms with E-state index in [1.54, 1.807) is 7.05 Å². The third-order valence-electron chi connectivity index (χ3n) is 3.63. The molecule has 0 heterocycles. The van der Waals surface area contributed by atoms with Crippen LogP contribution in [0.1, 0.15) is 31.2 Å². The molecule has 0 aromatic heterocycles. The van der Waals surface area contributed by atoms with Crippen molar-refractivity contribution in [3.8, 4) is 0 Å². The van der Waals surface area contributed by atoms with Crippen LogP contribution >= 0.6 is 15.9 Å². The van der Waals surface area contributed by atoms with E-state index in [9.17, 15) is 8.42 Å². The molecule has 118 valence electrons. The van der Waals surface area contributed by atoms with Crippen molar-refractivity contribution in [3.63, 3.8) is 0 Å². The summed E-state index contributed by atoms with van der Waals surface area (Å²) in [6, 6.07) is 8.44. The second kappa shape index (κ2) is 7.72. The molecule has 0 spiro atoms. The summed E-state index contributed by atoms with van der Waals surface area (Å²) in [5.74, 6) is 0.229. The van der Waals surface area contributed by atoms with Gasteiger partial charge in [0.1, 0.15) is 0 Å². The summed E-state index contributed by atoms with van der Waals surface area (Å²) in [4.78, 5) is 0. The van der Waals surface area contributed by atoms with Crippen LogP contribution in [-0.2, 0) is 16.6 Å². The molecule has 1 aromatic carbocycles. The third-order valence-corrected chi connectivity index (χ3v) is 6.04. The Labute approximate surface area is 136 Å². The predicted molar refractivity (Wildman–Crippen MR) is 89.7 cm³/mol. The van der Waals surface area contributed by atoms with Crippen molar-refractivity contribution >= 4 is 26.0 Å². The largest absolute Gasteiger partial charge is 0.314 e. The molecule has 0 amide bonds. The van der Waals surface area contributed by atoms with Gasteiger partial charge in [-0.05, 0) is 49.9 Å². The summed E-state index contributed by atoms with van der Waals surface area (Å²) in [7, 11) is -1.51. The molecule has 6 heteroatoms. The molecule has 0 aliphatic heterocycles. The van der Waals surface area contributed by atoms with Gasteiger partial charge >= 0.3 is 0 Å². The average molecular weight is 375 g/mol. The molecule has 1 aliphatic rings. The highest BCUT2D eigenvalue weighted by atomic mass is 79.9. The summed E-state index contributed by atoms with van der Waals surface area (Å²) in [5, 5.41) is 3.40. The van der Waals surface area contributed by atoms with E-state index in [-0.39, 0.29) is 5.75 Å². The number of benzene rings is 1. The van der Waals surface area contributed by atoms with Gasteiger partial charge < -0.3 is 5.32 Å². The monoisotopic (exact) mass is 374 g/mol. The van der Waals surface area contributed by atoms with E-state index >= 15 is 0 Å². The minimum absolute atomic E-state index is 0.229. The van der Waals surface area contributed by atoms with E-state index in [0.717, 1.165) is 23.0 Å². The van der Waals surface area contributed by atoms with Crippen molar-refractivity contribution in [1.29, 1.82) is 0 Å². The van der Waals surface area contributed by atoms with Crippen molar-refractivity contribution in [1.82, 2.24) is 9.62 Å². The molecule has 1 aromatic rings. The Kier molecular flexibility index (Phi) is 6.22. The Morgan fingerprint density at radius 2 is 1.90 bits per heavy atom. The van der Waals surface area contributed by atoms with Crippen molar-refractivity contribution in [2.45, 2.75) is 38.3 Å². The molecule has 21 heavy (non-hydrogen) atoms. The van der Waals surface area contributed by atoms with Crippen LogP contribution in [0.25, 0.3) is 0 Å². The Balaban J connectivity index is 1.73. The molecule has 4 nitrogen and oxygen atoms in total. The zero-order valence-electron chi connectivity index (χ0n) is 12.4. The summed E-state index contributed by atoms with van der Waals surface area (Å²) in [6.07, 6.45) is 4.18. The standard InChI is InChI=1S/C15H23BrN2O2S/c1-18(12-13-4-6-14(16)7-5-13)21(19,20)11-3-2-10-17-15-8-9-15/h4-7,15,17H,2-3,8-12H2,1H3. The quantitative estimate of drug-likeness (QED) is 0.676. The lowest BCUT2D eigenvalue weighted by atomic mass is 10.2. The van der Waals surface area contributed by atoms with Crippen LogP contribution in [0.15, 0.2) is 28.7 Å². The fraction of sp³-hybridized carbons (Fsp3) is 0.600. The first-order valence-corrected chi connectivity index (χ1v) is 9.79. The molecular formula is C15H23BrN2O2S. The second-order valence-corrected chi connectivity index (χ2v) is 8.75. The Morgan fingerprint density at radius 3 is 2.52 bits per heavy atom. The highest BCUT2D eigenvalue weighted by molar-refractivity contribution is 9.10. The minimum atomic E-state index is -3.16. The highest BCUT2D eigenvalue weighted by Gasteiger charge is 2.20. The molecule has 0 bridgehead atoms. The maximum atomic E-state index is 12.2. The van der Waals surface area contributed by atoms with Crippen LogP contribution in [0.2, 0.25) is 0 Å². The maximum absolute atomic E-state index is 12.2. The number of rotatable bonds is 9. The van der Waals surface area contributed by atoms with E-state index in [4.69, 9.17) is 0 Å². The van der Waals surface area contributed by atoms with Gasteiger partial charge in [0.2, 0.25) is 10.0 Å². The first kappa shape index (κ1) is 16.9.